The third-order valence-corrected chi connectivity index (χ3v) is 7.55. The van der Waals surface area contributed by atoms with E-state index in [0.717, 1.165) is 6.08 Å². The van der Waals surface area contributed by atoms with Crippen LogP contribution in [0.4, 0.5) is 10.1 Å². The number of fused-ring (bicyclic) bond motifs is 4. The van der Waals surface area contributed by atoms with Gasteiger partial charge in [-0.05, 0) is 57.9 Å². The standard InChI is InChI=1S/C28H25FN2O7/c1-11-23(34)21(13(3)32)25-22(24(11)35)28(4)19(38-25)10-18(33)20(26(28)36)12(2)30-8-7-15-16-9-14(29)5-6-17(16)31-27(15)37/h5-6,9-10,15,30,34-35H,7-8H2,1-4H3,(H,31,37)/b20-12+/t15-,28-/m0/s1. The number of hydrogen-bond acceptors (Lipinski definition) is 8. The minimum Gasteiger partial charge on any atom is -0.507 e. The molecule has 0 unspecified atom stereocenters. The van der Waals surface area contributed by atoms with Crippen molar-refractivity contribution in [2.24, 2.45) is 0 Å². The fraction of sp³-hybridized carbons (Fsp3) is 0.286. The zero-order chi connectivity index (χ0) is 27.7. The van der Waals surface area contributed by atoms with Gasteiger partial charge in [-0.1, -0.05) is 0 Å². The summed E-state index contributed by atoms with van der Waals surface area (Å²) in [5, 5.41) is 27.1. The molecule has 0 spiro atoms. The van der Waals surface area contributed by atoms with Gasteiger partial charge in [0.1, 0.15) is 39.8 Å². The highest BCUT2D eigenvalue weighted by atomic mass is 19.1. The highest BCUT2D eigenvalue weighted by molar-refractivity contribution is 6.31. The minimum atomic E-state index is -1.62. The van der Waals surface area contributed by atoms with Crippen LogP contribution in [0.1, 0.15) is 60.2 Å². The van der Waals surface area contributed by atoms with Crippen molar-refractivity contribution in [2.75, 3.05) is 11.9 Å². The molecular formula is C28H25FN2O7. The molecule has 9 nitrogen and oxygen atoms in total. The highest BCUT2D eigenvalue weighted by Crippen LogP contribution is 2.57. The number of carbonyl (C=O) groups excluding carboxylic acids is 4. The van der Waals surface area contributed by atoms with Crippen LogP contribution in [0.5, 0.6) is 17.2 Å². The van der Waals surface area contributed by atoms with E-state index in [9.17, 15) is 33.8 Å². The first-order chi connectivity index (χ1) is 17.9. The van der Waals surface area contributed by atoms with Gasteiger partial charge in [0, 0.05) is 29.6 Å². The van der Waals surface area contributed by atoms with Gasteiger partial charge in [-0.3, -0.25) is 19.2 Å². The molecule has 10 heteroatoms. The molecule has 2 aromatic carbocycles. The third-order valence-electron chi connectivity index (χ3n) is 7.55. The number of anilines is 1. The van der Waals surface area contributed by atoms with Crippen molar-refractivity contribution in [1.29, 1.82) is 0 Å². The zero-order valence-corrected chi connectivity index (χ0v) is 21.1. The predicted molar refractivity (Wildman–Crippen MR) is 134 cm³/mol. The Morgan fingerprint density at radius 3 is 2.58 bits per heavy atom. The van der Waals surface area contributed by atoms with Crippen molar-refractivity contribution in [1.82, 2.24) is 5.32 Å². The van der Waals surface area contributed by atoms with E-state index in [2.05, 4.69) is 10.6 Å². The first-order valence-electron chi connectivity index (χ1n) is 12.0. The number of rotatable bonds is 5. The average Bonchev–Trinajstić information content (AvgIpc) is 3.31. The summed E-state index contributed by atoms with van der Waals surface area (Å²) in [5.74, 6) is -4.19. The molecule has 1 aliphatic carbocycles. The van der Waals surface area contributed by atoms with Crippen molar-refractivity contribution in [3.8, 4) is 17.2 Å². The first kappa shape index (κ1) is 25.2. The molecule has 0 saturated carbocycles. The summed E-state index contributed by atoms with van der Waals surface area (Å²) < 4.78 is 19.5. The average molecular weight is 521 g/mol. The lowest BCUT2D eigenvalue weighted by molar-refractivity contribution is -0.123. The Morgan fingerprint density at radius 1 is 1.18 bits per heavy atom. The normalized spacial score (nSPS) is 22.7. The molecule has 4 N–H and O–H groups in total. The lowest BCUT2D eigenvalue weighted by Gasteiger charge is -2.29. The largest absolute Gasteiger partial charge is 0.507 e. The number of hydrogen-bond donors (Lipinski definition) is 4. The van der Waals surface area contributed by atoms with Crippen LogP contribution in [0.3, 0.4) is 0 Å². The van der Waals surface area contributed by atoms with Gasteiger partial charge in [0.15, 0.2) is 17.3 Å². The van der Waals surface area contributed by atoms with Crippen molar-refractivity contribution in [2.45, 2.75) is 45.4 Å². The number of phenolic OH excluding ortho intramolecular Hbond substituents is 2. The minimum absolute atomic E-state index is 0.00769. The van der Waals surface area contributed by atoms with Crippen LogP contribution in [0.25, 0.3) is 0 Å². The quantitative estimate of drug-likeness (QED) is 0.267. The van der Waals surface area contributed by atoms with Crippen molar-refractivity contribution < 1.29 is 38.5 Å². The van der Waals surface area contributed by atoms with Crippen LogP contribution >= 0.6 is 0 Å². The number of halogens is 1. The molecule has 0 fully saturated rings. The van der Waals surface area contributed by atoms with Crippen molar-refractivity contribution in [3.05, 3.63) is 69.4 Å². The molecular weight excluding hydrogens is 495 g/mol. The first-order valence-corrected chi connectivity index (χ1v) is 12.0. The van der Waals surface area contributed by atoms with Gasteiger partial charge in [-0.2, -0.15) is 0 Å². The number of nitrogens with one attached hydrogen (secondary N) is 2. The summed E-state index contributed by atoms with van der Waals surface area (Å²) in [6.45, 7) is 5.87. The SMILES string of the molecule is CC(=O)c1c(O)c(C)c(O)c2c1OC1=CC(=O)/C(=C(/C)NCC[C@@H]3C(=O)Nc4ccc(F)cc43)C(=O)[C@@]12C. The topological polar surface area (TPSA) is 142 Å². The van der Waals surface area contributed by atoms with Gasteiger partial charge >= 0.3 is 0 Å². The summed E-state index contributed by atoms with van der Waals surface area (Å²) in [4.78, 5) is 51.6. The Kier molecular flexibility index (Phi) is 5.66. The molecule has 2 aromatic rings. The fourth-order valence-electron chi connectivity index (χ4n) is 5.44. The Morgan fingerprint density at radius 2 is 1.89 bits per heavy atom. The van der Waals surface area contributed by atoms with E-state index >= 15 is 0 Å². The number of ether oxygens (including phenoxy) is 1. The molecule has 0 bridgehead atoms. The van der Waals surface area contributed by atoms with Crippen LogP contribution in [-0.4, -0.2) is 40.0 Å². The number of Topliss-reactive ketones (excluding diaryl/α,β-unsaturated/α-hetero) is 2. The highest BCUT2D eigenvalue weighted by Gasteiger charge is 2.56. The molecule has 3 aliphatic rings. The van der Waals surface area contributed by atoms with Crippen LogP contribution in [0, 0.1) is 12.7 Å². The Hall–Kier alpha value is -4.47. The van der Waals surface area contributed by atoms with Gasteiger partial charge in [-0.15, -0.1) is 0 Å². The van der Waals surface area contributed by atoms with E-state index in [-0.39, 0.29) is 58.3 Å². The van der Waals surface area contributed by atoms with Gasteiger partial charge in [-0.25, -0.2) is 4.39 Å². The molecule has 2 aliphatic heterocycles. The summed E-state index contributed by atoms with van der Waals surface area (Å²) in [6.07, 6.45) is 1.42. The fourth-order valence-corrected chi connectivity index (χ4v) is 5.44. The lowest BCUT2D eigenvalue weighted by Crippen LogP contribution is -2.41. The molecule has 2 heterocycles. The molecule has 2 atom stereocenters. The van der Waals surface area contributed by atoms with Gasteiger partial charge < -0.3 is 25.6 Å². The number of ketones is 3. The molecule has 0 saturated heterocycles. The zero-order valence-electron chi connectivity index (χ0n) is 21.1. The van der Waals surface area contributed by atoms with Crippen molar-refractivity contribution >= 4 is 28.9 Å². The van der Waals surface area contributed by atoms with E-state index in [4.69, 9.17) is 4.74 Å². The predicted octanol–water partition coefficient (Wildman–Crippen LogP) is 3.42. The van der Waals surface area contributed by atoms with Crippen LogP contribution < -0.4 is 15.4 Å². The summed E-state index contributed by atoms with van der Waals surface area (Å²) >= 11 is 0. The number of phenols is 2. The smallest absolute Gasteiger partial charge is 0.232 e. The number of aromatic hydroxyl groups is 2. The van der Waals surface area contributed by atoms with E-state index < -0.39 is 46.0 Å². The molecule has 38 heavy (non-hydrogen) atoms. The maximum atomic E-state index is 13.8. The molecule has 5 rings (SSSR count). The summed E-state index contributed by atoms with van der Waals surface area (Å²) in [6, 6.07) is 4.08. The van der Waals surface area contributed by atoms with Gasteiger partial charge in [0.2, 0.25) is 5.91 Å². The summed E-state index contributed by atoms with van der Waals surface area (Å²) in [7, 11) is 0. The number of benzene rings is 2. The van der Waals surface area contributed by atoms with E-state index in [1.54, 1.807) is 6.92 Å². The van der Waals surface area contributed by atoms with E-state index in [0.29, 0.717) is 11.3 Å². The second-order valence-corrected chi connectivity index (χ2v) is 9.88. The Bertz CT molecular complexity index is 1550. The molecule has 0 radical (unpaired) electrons. The second-order valence-electron chi connectivity index (χ2n) is 9.88. The second kappa shape index (κ2) is 8.54. The van der Waals surface area contributed by atoms with E-state index in [1.165, 1.54) is 39.0 Å². The lowest BCUT2D eigenvalue weighted by atomic mass is 9.70. The van der Waals surface area contributed by atoms with E-state index in [1.807, 2.05) is 0 Å². The van der Waals surface area contributed by atoms with Crippen LogP contribution in [0.15, 0.2) is 41.3 Å². The molecule has 1 amide bonds. The van der Waals surface area contributed by atoms with Crippen LogP contribution in [-0.2, 0) is 19.8 Å². The number of carbonyl (C=O) groups is 4. The monoisotopic (exact) mass is 520 g/mol. The number of allylic oxidation sites excluding steroid dienone is 4. The van der Waals surface area contributed by atoms with Gasteiger partial charge in [0.25, 0.3) is 0 Å². The maximum Gasteiger partial charge on any atom is 0.232 e. The molecule has 0 aromatic heterocycles. The van der Waals surface area contributed by atoms with Crippen molar-refractivity contribution in [3.63, 3.8) is 0 Å². The number of amides is 1. The van der Waals surface area contributed by atoms with Gasteiger partial charge in [0.05, 0.1) is 17.1 Å². The Balaban J connectivity index is 1.47. The maximum absolute atomic E-state index is 13.8. The third kappa shape index (κ3) is 3.43. The molecule has 196 valence electrons. The Labute approximate surface area is 217 Å². The summed E-state index contributed by atoms with van der Waals surface area (Å²) in [5.41, 5.74) is -0.596. The van der Waals surface area contributed by atoms with Crippen LogP contribution in [0.2, 0.25) is 0 Å².